The van der Waals surface area contributed by atoms with Crippen LogP contribution in [-0.2, 0) is 9.59 Å². The Kier molecular flexibility index (Phi) is 6.61. The van der Waals surface area contributed by atoms with Gasteiger partial charge in [0.15, 0.2) is 0 Å². The lowest BCUT2D eigenvalue weighted by Crippen LogP contribution is -2.41. The molecule has 1 aromatic carbocycles. The number of amides is 2. The van der Waals surface area contributed by atoms with Gasteiger partial charge in [-0.25, -0.2) is 0 Å². The number of hydrogen-bond donors (Lipinski definition) is 2. The molecule has 1 atom stereocenters. The molecule has 0 aliphatic carbocycles. The van der Waals surface area contributed by atoms with Crippen molar-refractivity contribution in [1.82, 2.24) is 10.6 Å². The van der Waals surface area contributed by atoms with E-state index in [9.17, 15) is 27.2 Å². The lowest BCUT2D eigenvalue weighted by atomic mass is 10.1. The number of halogens is 4. The number of methoxy groups -OCH3 is 1. The first-order valence-electron chi connectivity index (χ1n) is 6.14. The van der Waals surface area contributed by atoms with Gasteiger partial charge in [0.25, 0.3) is 11.8 Å². The molecule has 5 nitrogen and oxygen atoms in total. The van der Waals surface area contributed by atoms with E-state index in [1.807, 2.05) is 10.6 Å². The number of hydrogen-bond acceptors (Lipinski definition) is 3. The van der Waals surface area contributed by atoms with Crippen LogP contribution in [0.15, 0.2) is 24.3 Å². The second kappa shape index (κ2) is 8.20. The first-order valence-corrected chi connectivity index (χ1v) is 6.14. The third-order valence-electron chi connectivity index (χ3n) is 2.71. The predicted octanol–water partition coefficient (Wildman–Crippen LogP) is 1.50. The molecule has 122 valence electrons. The van der Waals surface area contributed by atoms with Gasteiger partial charge >= 0.3 is 12.9 Å². The van der Waals surface area contributed by atoms with Crippen molar-refractivity contribution >= 4 is 11.8 Å². The second-order valence-corrected chi connectivity index (χ2v) is 4.15. The summed E-state index contributed by atoms with van der Waals surface area (Å²) in [6.45, 7) is -0.484. The van der Waals surface area contributed by atoms with E-state index < -0.39 is 37.3 Å². The topological polar surface area (TPSA) is 67.4 Å². The van der Waals surface area contributed by atoms with Crippen LogP contribution in [0.4, 0.5) is 17.6 Å². The molecule has 0 spiro atoms. The van der Waals surface area contributed by atoms with Gasteiger partial charge in [-0.15, -0.1) is 0 Å². The normalized spacial score (nSPS) is 12.1. The highest BCUT2D eigenvalue weighted by Crippen LogP contribution is 2.24. The zero-order valence-corrected chi connectivity index (χ0v) is 11.5. The van der Waals surface area contributed by atoms with Gasteiger partial charge in [-0.05, 0) is 6.07 Å². The Morgan fingerprint density at radius 1 is 1.09 bits per heavy atom. The quantitative estimate of drug-likeness (QED) is 0.748. The van der Waals surface area contributed by atoms with Crippen LogP contribution in [0.25, 0.3) is 0 Å². The Morgan fingerprint density at radius 2 is 1.68 bits per heavy atom. The fraction of sp³-hybridized carbons (Fsp3) is 0.385. The first-order chi connectivity index (χ1) is 10.4. The molecule has 0 saturated heterocycles. The molecule has 0 saturated carbocycles. The second-order valence-electron chi connectivity index (χ2n) is 4.15. The summed E-state index contributed by atoms with van der Waals surface area (Å²) in [5.41, 5.74) is 0.272. The molecular formula is C13H14F4N2O3. The third kappa shape index (κ3) is 4.90. The van der Waals surface area contributed by atoms with E-state index in [1.54, 1.807) is 12.1 Å². The summed E-state index contributed by atoms with van der Waals surface area (Å²) in [5, 5.41) is 3.85. The Morgan fingerprint density at radius 3 is 2.23 bits per heavy atom. The Bertz CT molecular complexity index is 526. The highest BCUT2D eigenvalue weighted by atomic mass is 19.3. The molecule has 9 heteroatoms. The number of alkyl halides is 4. The van der Waals surface area contributed by atoms with Crippen LogP contribution in [-0.4, -0.2) is 38.3 Å². The van der Waals surface area contributed by atoms with Crippen molar-refractivity contribution in [2.24, 2.45) is 0 Å². The number of carbonyl (C=O) groups excluding carboxylic acids is 2. The number of rotatable bonds is 7. The Balaban J connectivity index is 2.95. The fourth-order valence-corrected chi connectivity index (χ4v) is 1.71. The molecule has 1 unspecified atom stereocenters. The van der Waals surface area contributed by atoms with Crippen molar-refractivity contribution in [1.29, 1.82) is 0 Å². The monoisotopic (exact) mass is 322 g/mol. The summed E-state index contributed by atoms with van der Waals surface area (Å²) in [5.74, 6) is -2.89. The summed E-state index contributed by atoms with van der Waals surface area (Å²) >= 11 is 0. The highest BCUT2D eigenvalue weighted by molar-refractivity contribution is 5.80. The summed E-state index contributed by atoms with van der Waals surface area (Å²) in [7, 11) is 1.32. The SMILES string of the molecule is COc1ccccc1C(CNC(=O)C(F)F)NC(=O)C(F)F. The zero-order valence-electron chi connectivity index (χ0n) is 11.5. The van der Waals surface area contributed by atoms with Crippen LogP contribution in [0.1, 0.15) is 11.6 Å². The van der Waals surface area contributed by atoms with E-state index in [2.05, 4.69) is 0 Å². The van der Waals surface area contributed by atoms with Crippen LogP contribution in [0.3, 0.4) is 0 Å². The van der Waals surface area contributed by atoms with Crippen LogP contribution >= 0.6 is 0 Å². The van der Waals surface area contributed by atoms with Crippen molar-refractivity contribution in [3.63, 3.8) is 0 Å². The van der Waals surface area contributed by atoms with Crippen molar-refractivity contribution in [3.05, 3.63) is 29.8 Å². The predicted molar refractivity (Wildman–Crippen MR) is 68.9 cm³/mol. The Hall–Kier alpha value is -2.32. The largest absolute Gasteiger partial charge is 0.496 e. The van der Waals surface area contributed by atoms with Gasteiger partial charge < -0.3 is 15.4 Å². The lowest BCUT2D eigenvalue weighted by molar-refractivity contribution is -0.134. The zero-order chi connectivity index (χ0) is 16.7. The van der Waals surface area contributed by atoms with Gasteiger partial charge in [-0.2, -0.15) is 17.6 Å². The van der Waals surface area contributed by atoms with Crippen molar-refractivity contribution in [2.45, 2.75) is 18.9 Å². The van der Waals surface area contributed by atoms with Crippen LogP contribution in [0.5, 0.6) is 5.75 Å². The van der Waals surface area contributed by atoms with E-state index >= 15 is 0 Å². The van der Waals surface area contributed by atoms with Crippen molar-refractivity contribution in [3.8, 4) is 5.75 Å². The molecule has 0 radical (unpaired) electrons. The van der Waals surface area contributed by atoms with Crippen molar-refractivity contribution in [2.75, 3.05) is 13.7 Å². The molecular weight excluding hydrogens is 308 g/mol. The summed E-state index contributed by atoms with van der Waals surface area (Å²) < 4.78 is 54.1. The molecule has 0 aliphatic heterocycles. The molecule has 0 heterocycles. The molecule has 22 heavy (non-hydrogen) atoms. The fourth-order valence-electron chi connectivity index (χ4n) is 1.71. The van der Waals surface area contributed by atoms with E-state index in [0.717, 1.165) is 0 Å². The molecule has 1 rings (SSSR count). The van der Waals surface area contributed by atoms with Gasteiger partial charge in [0.2, 0.25) is 0 Å². The molecule has 0 aromatic heterocycles. The van der Waals surface area contributed by atoms with Crippen LogP contribution in [0, 0.1) is 0 Å². The van der Waals surface area contributed by atoms with Crippen LogP contribution in [0.2, 0.25) is 0 Å². The molecule has 1 aromatic rings. The first kappa shape index (κ1) is 17.7. The van der Waals surface area contributed by atoms with Gasteiger partial charge in [0.1, 0.15) is 5.75 Å². The average molecular weight is 322 g/mol. The molecule has 0 aliphatic rings. The smallest absolute Gasteiger partial charge is 0.315 e. The minimum absolute atomic E-state index is 0.258. The van der Waals surface area contributed by atoms with E-state index in [4.69, 9.17) is 4.74 Å². The number of benzene rings is 1. The number of nitrogens with one attached hydrogen (secondary N) is 2. The number of ether oxygens (including phenoxy) is 1. The third-order valence-corrected chi connectivity index (χ3v) is 2.71. The summed E-state index contributed by atoms with van der Waals surface area (Å²) in [6, 6.07) is 4.98. The van der Waals surface area contributed by atoms with E-state index in [0.29, 0.717) is 0 Å². The van der Waals surface area contributed by atoms with E-state index in [1.165, 1.54) is 19.2 Å². The van der Waals surface area contributed by atoms with Gasteiger partial charge in [-0.3, -0.25) is 9.59 Å². The summed E-state index contributed by atoms with van der Waals surface area (Å²) in [6.07, 6.45) is -6.52. The van der Waals surface area contributed by atoms with Gasteiger partial charge in [0, 0.05) is 12.1 Å². The number of carbonyl (C=O) groups is 2. The highest BCUT2D eigenvalue weighted by Gasteiger charge is 2.25. The summed E-state index contributed by atoms with van der Waals surface area (Å²) in [4.78, 5) is 22.0. The number of para-hydroxylation sites is 1. The van der Waals surface area contributed by atoms with E-state index in [-0.39, 0.29) is 11.3 Å². The maximum Gasteiger partial charge on any atom is 0.315 e. The average Bonchev–Trinajstić information content (AvgIpc) is 2.50. The standard InChI is InChI=1S/C13H14F4N2O3/c1-22-9-5-3-2-4-7(9)8(19-13(21)11(16)17)6-18-12(20)10(14)15/h2-5,8,10-11H,6H2,1H3,(H,18,20)(H,19,21). The minimum atomic E-state index is -3.27. The lowest BCUT2D eigenvalue weighted by Gasteiger charge is -2.21. The molecule has 2 amide bonds. The molecule has 0 bridgehead atoms. The van der Waals surface area contributed by atoms with Crippen molar-refractivity contribution < 1.29 is 31.9 Å². The van der Waals surface area contributed by atoms with Gasteiger partial charge in [-0.1, -0.05) is 18.2 Å². The molecule has 2 N–H and O–H groups in total. The maximum atomic E-state index is 12.4. The maximum absolute atomic E-state index is 12.4. The minimum Gasteiger partial charge on any atom is -0.496 e. The Labute approximate surface area is 123 Å². The van der Waals surface area contributed by atoms with Gasteiger partial charge in [0.05, 0.1) is 13.2 Å². The molecule has 0 fully saturated rings. The van der Waals surface area contributed by atoms with Crippen LogP contribution < -0.4 is 15.4 Å².